The zero-order chi connectivity index (χ0) is 15.1. The number of hydrogen-bond acceptors (Lipinski definition) is 3. The fraction of sp³-hybridized carbons (Fsp3) is 0.647. The normalized spacial score (nSPS) is 16.4. The average molecular weight is 355 g/mol. The van der Waals surface area contributed by atoms with Crippen molar-refractivity contribution in [1.82, 2.24) is 5.32 Å². The molecule has 0 unspecified atom stereocenters. The number of methoxy groups -OCH3 is 1. The summed E-state index contributed by atoms with van der Waals surface area (Å²) in [5.74, 6) is 0.914. The molecule has 0 atom stereocenters. The van der Waals surface area contributed by atoms with E-state index in [0.29, 0.717) is 0 Å². The van der Waals surface area contributed by atoms with Gasteiger partial charge in [0.1, 0.15) is 0 Å². The Morgan fingerprint density at radius 2 is 2.10 bits per heavy atom. The quantitative estimate of drug-likeness (QED) is 0.753. The second kappa shape index (κ2) is 8.76. The van der Waals surface area contributed by atoms with Crippen LogP contribution in [-0.4, -0.2) is 33.4 Å². The molecule has 0 radical (unpaired) electrons. The fourth-order valence-electron chi connectivity index (χ4n) is 2.96. The first kappa shape index (κ1) is 16.8. The molecule has 118 valence electrons. The van der Waals surface area contributed by atoms with E-state index in [4.69, 9.17) is 4.74 Å². The van der Waals surface area contributed by atoms with Gasteiger partial charge in [-0.05, 0) is 36.5 Å². The lowest BCUT2D eigenvalue weighted by Gasteiger charge is -2.34. The average Bonchev–Trinajstić information content (AvgIpc) is 2.53. The van der Waals surface area contributed by atoms with Crippen molar-refractivity contribution in [2.75, 3.05) is 38.3 Å². The van der Waals surface area contributed by atoms with Gasteiger partial charge in [-0.15, -0.1) is 0 Å². The Balaban J connectivity index is 2.01. The Morgan fingerprint density at radius 1 is 1.33 bits per heavy atom. The summed E-state index contributed by atoms with van der Waals surface area (Å²) < 4.78 is 6.25. The highest BCUT2D eigenvalue weighted by molar-refractivity contribution is 9.10. The molecule has 0 aliphatic carbocycles. The number of anilines is 1. The van der Waals surface area contributed by atoms with Crippen molar-refractivity contribution >= 4 is 21.6 Å². The van der Waals surface area contributed by atoms with Crippen LogP contribution in [0.1, 0.15) is 31.7 Å². The molecule has 2 rings (SSSR count). The molecule has 1 aliphatic rings. The summed E-state index contributed by atoms with van der Waals surface area (Å²) in [6, 6.07) is 6.63. The number of nitrogens with one attached hydrogen (secondary N) is 1. The van der Waals surface area contributed by atoms with E-state index in [2.05, 4.69) is 51.3 Å². The topological polar surface area (TPSA) is 24.5 Å². The van der Waals surface area contributed by atoms with Gasteiger partial charge >= 0.3 is 0 Å². The van der Waals surface area contributed by atoms with Crippen LogP contribution in [0.2, 0.25) is 0 Å². The molecule has 1 aliphatic heterocycles. The first-order chi connectivity index (χ1) is 10.2. The SMILES string of the molecule is CCC1CCN(c2cc(Br)ccc2CNCCOC)CC1. The molecule has 1 saturated heterocycles. The smallest absolute Gasteiger partial charge is 0.0587 e. The number of halogens is 1. The van der Waals surface area contributed by atoms with Gasteiger partial charge in [-0.3, -0.25) is 0 Å². The van der Waals surface area contributed by atoms with Crippen molar-refractivity contribution in [3.8, 4) is 0 Å². The highest BCUT2D eigenvalue weighted by Crippen LogP contribution is 2.30. The van der Waals surface area contributed by atoms with Crippen molar-refractivity contribution < 1.29 is 4.74 Å². The second-order valence-corrected chi connectivity index (χ2v) is 6.70. The van der Waals surface area contributed by atoms with Gasteiger partial charge in [0.25, 0.3) is 0 Å². The zero-order valence-electron chi connectivity index (χ0n) is 13.2. The maximum atomic E-state index is 5.09. The standard InChI is InChI=1S/C17H27BrN2O/c1-3-14-6-9-20(10-7-14)17-12-16(18)5-4-15(17)13-19-8-11-21-2/h4-5,12,14,19H,3,6-11,13H2,1-2H3. The molecule has 1 aromatic rings. The van der Waals surface area contributed by atoms with E-state index in [1.54, 1.807) is 7.11 Å². The molecular weight excluding hydrogens is 328 g/mol. The van der Waals surface area contributed by atoms with E-state index in [0.717, 1.165) is 30.1 Å². The Morgan fingerprint density at radius 3 is 2.76 bits per heavy atom. The number of benzene rings is 1. The largest absolute Gasteiger partial charge is 0.383 e. The molecule has 0 spiro atoms. The van der Waals surface area contributed by atoms with Crippen LogP contribution >= 0.6 is 15.9 Å². The third-order valence-electron chi connectivity index (χ3n) is 4.38. The minimum Gasteiger partial charge on any atom is -0.383 e. The van der Waals surface area contributed by atoms with Crippen molar-refractivity contribution in [2.24, 2.45) is 5.92 Å². The van der Waals surface area contributed by atoms with Gasteiger partial charge in [0.2, 0.25) is 0 Å². The maximum Gasteiger partial charge on any atom is 0.0587 e. The molecule has 3 nitrogen and oxygen atoms in total. The van der Waals surface area contributed by atoms with E-state index in [9.17, 15) is 0 Å². The molecular formula is C17H27BrN2O. The molecule has 21 heavy (non-hydrogen) atoms. The maximum absolute atomic E-state index is 5.09. The molecule has 0 bridgehead atoms. The minimum atomic E-state index is 0.758. The number of rotatable bonds is 7. The van der Waals surface area contributed by atoms with Crippen LogP contribution in [0.3, 0.4) is 0 Å². The Kier molecular flexibility index (Phi) is 7.00. The Bertz CT molecular complexity index is 431. The van der Waals surface area contributed by atoms with Gasteiger partial charge in [-0.1, -0.05) is 35.3 Å². The minimum absolute atomic E-state index is 0.758. The van der Waals surface area contributed by atoms with Crippen LogP contribution < -0.4 is 10.2 Å². The van der Waals surface area contributed by atoms with Gasteiger partial charge in [0.15, 0.2) is 0 Å². The van der Waals surface area contributed by atoms with Crippen molar-refractivity contribution in [1.29, 1.82) is 0 Å². The van der Waals surface area contributed by atoms with Crippen molar-refractivity contribution in [2.45, 2.75) is 32.7 Å². The third-order valence-corrected chi connectivity index (χ3v) is 4.87. The number of piperidine rings is 1. The predicted octanol–water partition coefficient (Wildman–Crippen LogP) is 3.81. The van der Waals surface area contributed by atoms with E-state index in [1.165, 1.54) is 43.6 Å². The van der Waals surface area contributed by atoms with Crippen molar-refractivity contribution in [3.63, 3.8) is 0 Å². The van der Waals surface area contributed by atoms with Crippen molar-refractivity contribution in [3.05, 3.63) is 28.2 Å². The lowest BCUT2D eigenvalue weighted by Crippen LogP contribution is -2.34. The molecule has 4 heteroatoms. The van der Waals surface area contributed by atoms with E-state index in [1.807, 2.05) is 0 Å². The van der Waals surface area contributed by atoms with Crippen LogP contribution in [0.25, 0.3) is 0 Å². The molecule has 1 heterocycles. The summed E-state index contributed by atoms with van der Waals surface area (Å²) in [6.07, 6.45) is 3.96. The number of hydrogen-bond donors (Lipinski definition) is 1. The summed E-state index contributed by atoms with van der Waals surface area (Å²) >= 11 is 3.61. The Hall–Kier alpha value is -0.580. The van der Waals surface area contributed by atoms with E-state index < -0.39 is 0 Å². The lowest BCUT2D eigenvalue weighted by atomic mass is 9.94. The number of nitrogens with zero attached hydrogens (tertiary/aromatic N) is 1. The van der Waals surface area contributed by atoms with E-state index in [-0.39, 0.29) is 0 Å². The van der Waals surface area contributed by atoms with Crippen LogP contribution in [0.5, 0.6) is 0 Å². The van der Waals surface area contributed by atoms with Crippen LogP contribution in [0.15, 0.2) is 22.7 Å². The van der Waals surface area contributed by atoms with Crippen LogP contribution in [0.4, 0.5) is 5.69 Å². The zero-order valence-corrected chi connectivity index (χ0v) is 14.8. The summed E-state index contributed by atoms with van der Waals surface area (Å²) in [7, 11) is 1.74. The molecule has 1 aromatic carbocycles. The molecule has 1 N–H and O–H groups in total. The van der Waals surface area contributed by atoms with Gasteiger partial charge in [-0.25, -0.2) is 0 Å². The Labute approximate surface area is 137 Å². The lowest BCUT2D eigenvalue weighted by molar-refractivity contribution is 0.199. The summed E-state index contributed by atoms with van der Waals surface area (Å²) in [5, 5.41) is 3.45. The number of ether oxygens (including phenoxy) is 1. The summed E-state index contributed by atoms with van der Waals surface area (Å²) in [4.78, 5) is 2.55. The first-order valence-corrected chi connectivity index (χ1v) is 8.77. The van der Waals surface area contributed by atoms with Gasteiger partial charge in [0.05, 0.1) is 6.61 Å². The van der Waals surface area contributed by atoms with Gasteiger partial charge < -0.3 is 15.0 Å². The second-order valence-electron chi connectivity index (χ2n) is 5.78. The highest BCUT2D eigenvalue weighted by atomic mass is 79.9. The summed E-state index contributed by atoms with van der Waals surface area (Å²) in [5.41, 5.74) is 2.76. The van der Waals surface area contributed by atoms with Gasteiger partial charge in [0, 0.05) is 43.4 Å². The van der Waals surface area contributed by atoms with Crippen LogP contribution in [-0.2, 0) is 11.3 Å². The monoisotopic (exact) mass is 354 g/mol. The first-order valence-electron chi connectivity index (χ1n) is 7.97. The molecule has 0 aromatic heterocycles. The fourth-order valence-corrected chi connectivity index (χ4v) is 3.31. The molecule has 0 amide bonds. The molecule has 1 fully saturated rings. The van der Waals surface area contributed by atoms with E-state index >= 15 is 0 Å². The summed E-state index contributed by atoms with van der Waals surface area (Å²) in [6.45, 7) is 7.22. The van der Waals surface area contributed by atoms with Gasteiger partial charge in [-0.2, -0.15) is 0 Å². The molecule has 0 saturated carbocycles. The third kappa shape index (κ3) is 4.97. The predicted molar refractivity (Wildman–Crippen MR) is 93.0 cm³/mol. The van der Waals surface area contributed by atoms with Crippen LogP contribution in [0, 0.1) is 5.92 Å². The highest BCUT2D eigenvalue weighted by Gasteiger charge is 2.20.